The Morgan fingerprint density at radius 1 is 1.33 bits per heavy atom. The van der Waals surface area contributed by atoms with E-state index in [1.165, 1.54) is 17.6 Å². The summed E-state index contributed by atoms with van der Waals surface area (Å²) in [5.41, 5.74) is 7.35. The zero-order chi connectivity index (χ0) is 15.0. The molecule has 8 heteroatoms. The molecular weight excluding hydrogens is 308 g/mol. The van der Waals surface area contributed by atoms with Crippen LogP contribution in [0.5, 0.6) is 0 Å². The van der Waals surface area contributed by atoms with Crippen LogP contribution in [-0.4, -0.2) is 36.2 Å². The van der Waals surface area contributed by atoms with E-state index in [1.807, 2.05) is 5.38 Å². The minimum absolute atomic E-state index is 0.222. The molecule has 0 saturated carbocycles. The molecule has 1 aromatic carbocycles. The average Bonchev–Trinajstić information content (AvgIpc) is 3.02. The number of imidazole rings is 1. The lowest BCUT2D eigenvalue weighted by molar-refractivity contribution is 0.602. The van der Waals surface area contributed by atoms with Crippen molar-refractivity contribution in [3.8, 4) is 11.5 Å². The average molecular weight is 322 g/mol. The molecule has 0 amide bonds. The number of hydrogen-bond donors (Lipinski definition) is 2. The summed E-state index contributed by atoms with van der Waals surface area (Å²) in [6.45, 7) is 0.547. The summed E-state index contributed by atoms with van der Waals surface area (Å²) in [7, 11) is -3.32. The molecule has 0 fully saturated rings. The van der Waals surface area contributed by atoms with Gasteiger partial charge < -0.3 is 10.7 Å². The van der Waals surface area contributed by atoms with E-state index in [1.54, 1.807) is 18.2 Å². The minimum atomic E-state index is -3.32. The number of nitrogens with one attached hydrogen (secondary N) is 1. The summed E-state index contributed by atoms with van der Waals surface area (Å²) in [4.78, 5) is 12.2. The Bertz CT molecular complexity index is 896. The molecule has 6 nitrogen and oxygen atoms in total. The Balaban J connectivity index is 2.12. The first-order valence-electron chi connectivity index (χ1n) is 6.32. The molecular formula is C13H14N4O2S2. The van der Waals surface area contributed by atoms with E-state index in [-0.39, 0.29) is 4.90 Å². The van der Waals surface area contributed by atoms with Crippen molar-refractivity contribution in [1.29, 1.82) is 0 Å². The number of benzene rings is 1. The van der Waals surface area contributed by atoms with Gasteiger partial charge in [0.25, 0.3) is 0 Å². The molecule has 21 heavy (non-hydrogen) atoms. The van der Waals surface area contributed by atoms with E-state index in [0.717, 1.165) is 11.4 Å². The Kier molecular flexibility index (Phi) is 3.52. The van der Waals surface area contributed by atoms with E-state index >= 15 is 0 Å². The van der Waals surface area contributed by atoms with Gasteiger partial charge in [0.1, 0.15) is 11.2 Å². The number of sulfone groups is 1. The third-order valence-corrected chi connectivity index (χ3v) is 5.06. The molecule has 2 aromatic heterocycles. The predicted molar refractivity (Wildman–Crippen MR) is 83.1 cm³/mol. The van der Waals surface area contributed by atoms with Crippen LogP contribution in [0.25, 0.3) is 22.6 Å². The van der Waals surface area contributed by atoms with Crippen molar-refractivity contribution in [3.05, 3.63) is 28.6 Å². The topological polar surface area (TPSA) is 102 Å². The van der Waals surface area contributed by atoms with Gasteiger partial charge in [-0.2, -0.15) is 0 Å². The second-order valence-corrected chi connectivity index (χ2v) is 7.60. The van der Waals surface area contributed by atoms with Crippen LogP contribution in [-0.2, 0) is 16.3 Å². The summed E-state index contributed by atoms with van der Waals surface area (Å²) >= 11 is 1.52. The summed E-state index contributed by atoms with van der Waals surface area (Å²) in [6, 6.07) is 5.05. The number of aromatic nitrogens is 3. The van der Waals surface area contributed by atoms with Crippen molar-refractivity contribution in [2.75, 3.05) is 12.8 Å². The molecule has 3 N–H and O–H groups in total. The molecule has 3 aromatic rings. The quantitative estimate of drug-likeness (QED) is 0.759. The largest absolute Gasteiger partial charge is 0.337 e. The summed E-state index contributed by atoms with van der Waals surface area (Å²) in [5, 5.41) is 2.83. The zero-order valence-corrected chi connectivity index (χ0v) is 13.0. The molecule has 0 radical (unpaired) electrons. The summed E-state index contributed by atoms with van der Waals surface area (Å²) < 4.78 is 23.6. The van der Waals surface area contributed by atoms with Gasteiger partial charge in [-0.15, -0.1) is 11.3 Å². The van der Waals surface area contributed by atoms with Gasteiger partial charge in [0.2, 0.25) is 0 Å². The van der Waals surface area contributed by atoms with Crippen LogP contribution in [0.3, 0.4) is 0 Å². The van der Waals surface area contributed by atoms with Crippen LogP contribution in [0.4, 0.5) is 0 Å². The van der Waals surface area contributed by atoms with Crippen molar-refractivity contribution < 1.29 is 8.42 Å². The lowest BCUT2D eigenvalue weighted by Gasteiger charge is -1.97. The van der Waals surface area contributed by atoms with Crippen LogP contribution in [0.1, 0.15) is 5.01 Å². The molecule has 0 spiro atoms. The highest BCUT2D eigenvalue weighted by molar-refractivity contribution is 7.91. The van der Waals surface area contributed by atoms with E-state index in [9.17, 15) is 8.42 Å². The zero-order valence-electron chi connectivity index (χ0n) is 11.3. The molecule has 2 heterocycles. The predicted octanol–water partition coefficient (Wildman–Crippen LogP) is 1.59. The first-order valence-corrected chi connectivity index (χ1v) is 9.10. The molecule has 0 aliphatic rings. The smallest absolute Gasteiger partial charge is 0.177 e. The third kappa shape index (κ3) is 2.69. The number of rotatable bonds is 4. The summed E-state index contributed by atoms with van der Waals surface area (Å²) in [5.74, 6) is 0.570. The number of para-hydroxylation sites is 1. The van der Waals surface area contributed by atoms with Gasteiger partial charge in [0, 0.05) is 18.1 Å². The number of thiazole rings is 1. The molecule has 0 bridgehead atoms. The van der Waals surface area contributed by atoms with Gasteiger partial charge in [-0.05, 0) is 18.7 Å². The maximum Gasteiger partial charge on any atom is 0.177 e. The van der Waals surface area contributed by atoms with Crippen molar-refractivity contribution >= 4 is 32.2 Å². The molecule has 0 aliphatic heterocycles. The van der Waals surface area contributed by atoms with Gasteiger partial charge in [-0.3, -0.25) is 0 Å². The normalized spacial score (nSPS) is 12.1. The fourth-order valence-electron chi connectivity index (χ4n) is 2.08. The minimum Gasteiger partial charge on any atom is -0.337 e. The first-order chi connectivity index (χ1) is 9.99. The second-order valence-electron chi connectivity index (χ2n) is 4.68. The Morgan fingerprint density at radius 2 is 2.14 bits per heavy atom. The highest BCUT2D eigenvalue weighted by atomic mass is 32.2. The van der Waals surface area contributed by atoms with Crippen molar-refractivity contribution in [3.63, 3.8) is 0 Å². The highest BCUT2D eigenvalue weighted by Gasteiger charge is 2.16. The van der Waals surface area contributed by atoms with Crippen molar-refractivity contribution in [1.82, 2.24) is 15.0 Å². The maximum atomic E-state index is 11.8. The van der Waals surface area contributed by atoms with Crippen LogP contribution in [0.15, 0.2) is 28.5 Å². The van der Waals surface area contributed by atoms with E-state index in [2.05, 4.69) is 15.0 Å². The number of nitrogens with zero attached hydrogens (tertiary/aromatic N) is 2. The highest BCUT2D eigenvalue weighted by Crippen LogP contribution is 2.26. The second kappa shape index (κ2) is 5.21. The molecule has 3 rings (SSSR count). The Morgan fingerprint density at radius 3 is 2.86 bits per heavy atom. The number of H-pyrrole nitrogens is 1. The van der Waals surface area contributed by atoms with Crippen LogP contribution in [0, 0.1) is 0 Å². The monoisotopic (exact) mass is 322 g/mol. The standard InChI is InChI=1S/C13H14N4O2S2/c1-21(18,19)10-4-2-3-8-12(10)17-13(16-8)9-7-20-11(15-9)5-6-14/h2-4,7H,5-6,14H2,1H3,(H,16,17). The molecule has 0 aliphatic carbocycles. The number of nitrogens with two attached hydrogens (primary N) is 1. The fourth-order valence-corrected chi connectivity index (χ4v) is 3.72. The van der Waals surface area contributed by atoms with Crippen LogP contribution < -0.4 is 5.73 Å². The maximum absolute atomic E-state index is 11.8. The SMILES string of the molecule is CS(=O)(=O)c1cccc2[nH]c(-c3csc(CCN)n3)nc12. The molecule has 110 valence electrons. The van der Waals surface area contributed by atoms with E-state index in [0.29, 0.717) is 29.1 Å². The van der Waals surface area contributed by atoms with Gasteiger partial charge in [0.15, 0.2) is 15.7 Å². The van der Waals surface area contributed by atoms with E-state index in [4.69, 9.17) is 5.73 Å². The fraction of sp³-hybridized carbons (Fsp3) is 0.231. The van der Waals surface area contributed by atoms with Crippen molar-refractivity contribution in [2.45, 2.75) is 11.3 Å². The van der Waals surface area contributed by atoms with Crippen LogP contribution in [0.2, 0.25) is 0 Å². The lowest BCUT2D eigenvalue weighted by atomic mass is 10.3. The van der Waals surface area contributed by atoms with Crippen molar-refractivity contribution in [2.24, 2.45) is 5.73 Å². The van der Waals surface area contributed by atoms with E-state index < -0.39 is 9.84 Å². The van der Waals surface area contributed by atoms with Gasteiger partial charge >= 0.3 is 0 Å². The van der Waals surface area contributed by atoms with Gasteiger partial charge in [-0.1, -0.05) is 6.07 Å². The van der Waals surface area contributed by atoms with Gasteiger partial charge in [0.05, 0.1) is 15.4 Å². The number of hydrogen-bond acceptors (Lipinski definition) is 6. The third-order valence-electron chi connectivity index (χ3n) is 3.03. The number of fused-ring (bicyclic) bond motifs is 1. The van der Waals surface area contributed by atoms with Crippen LogP contribution >= 0.6 is 11.3 Å². The molecule has 0 unspecified atom stereocenters. The van der Waals surface area contributed by atoms with Gasteiger partial charge in [-0.25, -0.2) is 18.4 Å². The number of aromatic amines is 1. The molecule has 0 atom stereocenters. The Hall–Kier alpha value is -1.77. The first kappa shape index (κ1) is 14.2. The lowest BCUT2D eigenvalue weighted by Crippen LogP contribution is -2.02. The molecule has 0 saturated heterocycles. The Labute approximate surface area is 126 Å². The summed E-state index contributed by atoms with van der Waals surface area (Å²) in [6.07, 6.45) is 1.90.